The molecule has 0 fully saturated rings. The highest BCUT2D eigenvalue weighted by molar-refractivity contribution is 7.26. The van der Waals surface area contributed by atoms with E-state index in [0.717, 1.165) is 22.3 Å². The van der Waals surface area contributed by atoms with Crippen LogP contribution in [-0.4, -0.2) is 50.2 Å². The molecule has 0 aliphatic heterocycles. The number of Topliss-reactive ketones (excluding diaryl/α,β-unsaturated/α-hetero) is 1. The molecule has 0 heterocycles. The normalized spacial score (nSPS) is 13.0. The summed E-state index contributed by atoms with van der Waals surface area (Å²) in [5.41, 5.74) is 4.47. The molecule has 190 valence electrons. The summed E-state index contributed by atoms with van der Waals surface area (Å²) < 4.78 is 15.9. The van der Waals surface area contributed by atoms with E-state index in [9.17, 15) is 14.4 Å². The summed E-state index contributed by atoms with van der Waals surface area (Å²) in [6, 6.07) is 17.2. The topological polar surface area (TPSA) is 127 Å². The fourth-order valence-electron chi connectivity index (χ4n) is 3.92. The number of hydrogen-bond acceptors (Lipinski definition) is 7. The highest BCUT2D eigenvalue weighted by atomic mass is 31.1. The van der Waals surface area contributed by atoms with Crippen LogP contribution in [0, 0.1) is 11.3 Å². The number of nitriles is 1. The SMILES string of the molecule is CCC(=O)NC(CNC(=O)OCC1c2ccccc2-c2ccccc21)C(=O)CCOPOCCC#N. The van der Waals surface area contributed by atoms with E-state index in [-0.39, 0.29) is 72.3 Å². The van der Waals surface area contributed by atoms with E-state index in [4.69, 9.17) is 19.0 Å². The summed E-state index contributed by atoms with van der Waals surface area (Å²) in [6.07, 6.45) is -0.152. The van der Waals surface area contributed by atoms with E-state index in [1.807, 2.05) is 42.5 Å². The number of hydrogen-bond donors (Lipinski definition) is 2. The third-order valence-corrected chi connectivity index (χ3v) is 6.37. The van der Waals surface area contributed by atoms with Crippen LogP contribution in [0.15, 0.2) is 48.5 Å². The number of ether oxygens (including phenoxy) is 1. The van der Waals surface area contributed by atoms with Crippen molar-refractivity contribution in [1.82, 2.24) is 10.6 Å². The van der Waals surface area contributed by atoms with E-state index in [2.05, 4.69) is 22.8 Å². The predicted octanol–water partition coefficient (Wildman–Crippen LogP) is 3.83. The molecule has 0 radical (unpaired) electrons. The van der Waals surface area contributed by atoms with E-state index in [0.29, 0.717) is 0 Å². The molecular formula is C26H30N3O6P. The molecule has 9 nitrogen and oxygen atoms in total. The molecule has 2 N–H and O–H groups in total. The van der Waals surface area contributed by atoms with Crippen LogP contribution in [0.2, 0.25) is 0 Å². The van der Waals surface area contributed by atoms with Crippen molar-refractivity contribution in [3.05, 3.63) is 59.7 Å². The second-order valence-corrected chi connectivity index (χ2v) is 8.83. The van der Waals surface area contributed by atoms with Crippen LogP contribution in [0.5, 0.6) is 0 Å². The number of fused-ring (bicyclic) bond motifs is 3. The van der Waals surface area contributed by atoms with Gasteiger partial charge in [0.1, 0.15) is 12.6 Å². The van der Waals surface area contributed by atoms with Gasteiger partial charge in [0.2, 0.25) is 5.91 Å². The Kier molecular flexibility index (Phi) is 10.8. The maximum absolute atomic E-state index is 12.6. The van der Waals surface area contributed by atoms with Crippen LogP contribution in [0.25, 0.3) is 11.1 Å². The molecular weight excluding hydrogens is 481 g/mol. The quantitative estimate of drug-likeness (QED) is 0.292. The van der Waals surface area contributed by atoms with E-state index < -0.39 is 12.1 Å². The van der Waals surface area contributed by atoms with E-state index in [1.54, 1.807) is 6.92 Å². The zero-order valence-electron chi connectivity index (χ0n) is 20.1. The van der Waals surface area contributed by atoms with Crippen molar-refractivity contribution in [2.24, 2.45) is 0 Å². The first-order chi connectivity index (χ1) is 17.5. The number of alkyl carbamates (subject to hydrolysis) is 1. The number of rotatable bonds is 14. The summed E-state index contributed by atoms with van der Waals surface area (Å²) in [4.78, 5) is 37.0. The number of carbonyl (C=O) groups is 3. The molecule has 0 bridgehead atoms. The van der Waals surface area contributed by atoms with Gasteiger partial charge in [0.05, 0.1) is 25.7 Å². The number of nitrogens with zero attached hydrogens (tertiary/aromatic N) is 1. The third-order valence-electron chi connectivity index (χ3n) is 5.72. The molecule has 36 heavy (non-hydrogen) atoms. The second-order valence-electron chi connectivity index (χ2n) is 8.08. The van der Waals surface area contributed by atoms with Gasteiger partial charge in [-0.3, -0.25) is 9.59 Å². The molecule has 0 spiro atoms. The molecule has 0 saturated carbocycles. The van der Waals surface area contributed by atoms with Gasteiger partial charge >= 0.3 is 6.09 Å². The lowest BCUT2D eigenvalue weighted by Gasteiger charge is -2.19. The molecule has 2 aromatic carbocycles. The lowest BCUT2D eigenvalue weighted by atomic mass is 9.98. The minimum absolute atomic E-state index is 0.0373. The zero-order chi connectivity index (χ0) is 25.8. The lowest BCUT2D eigenvalue weighted by molar-refractivity contribution is -0.127. The van der Waals surface area contributed by atoms with Crippen LogP contribution in [0.3, 0.4) is 0 Å². The van der Waals surface area contributed by atoms with Crippen LogP contribution in [0.4, 0.5) is 4.79 Å². The highest BCUT2D eigenvalue weighted by Gasteiger charge is 2.29. The molecule has 10 heteroatoms. The van der Waals surface area contributed by atoms with Crippen LogP contribution in [0.1, 0.15) is 43.2 Å². The Bertz CT molecular complexity index is 1060. The number of amides is 2. The minimum Gasteiger partial charge on any atom is -0.449 e. The summed E-state index contributed by atoms with van der Waals surface area (Å²) in [7, 11) is -0.276. The van der Waals surface area contributed by atoms with Crippen LogP contribution in [-0.2, 0) is 23.4 Å². The fraction of sp³-hybridized carbons (Fsp3) is 0.385. The molecule has 0 saturated heterocycles. The van der Waals surface area contributed by atoms with Crippen molar-refractivity contribution in [3.8, 4) is 17.2 Å². The minimum atomic E-state index is -0.899. The maximum Gasteiger partial charge on any atom is 0.407 e. The van der Waals surface area contributed by atoms with Gasteiger partial charge in [-0.2, -0.15) is 5.26 Å². The molecule has 2 aromatic rings. The van der Waals surface area contributed by atoms with Gasteiger partial charge in [0.15, 0.2) is 14.8 Å². The van der Waals surface area contributed by atoms with Crippen molar-refractivity contribution in [2.75, 3.05) is 26.4 Å². The standard InChI is InChI=1S/C26H30N3O6P/c1-2-25(31)29-23(24(30)12-15-35-36-34-14-7-13-27)16-28-26(32)33-17-22-20-10-5-3-8-18(20)19-9-4-6-11-21(19)22/h3-6,8-11,22-23,36H,2,7,12,14-17H2,1H3,(H,28,32)(H,29,31). The van der Waals surface area contributed by atoms with Gasteiger partial charge in [0, 0.05) is 25.3 Å². The van der Waals surface area contributed by atoms with E-state index >= 15 is 0 Å². The van der Waals surface area contributed by atoms with Crippen molar-refractivity contribution in [3.63, 3.8) is 0 Å². The average Bonchev–Trinajstić information content (AvgIpc) is 3.22. The largest absolute Gasteiger partial charge is 0.449 e. The number of carbonyl (C=O) groups excluding carboxylic acids is 3. The summed E-state index contributed by atoms with van der Waals surface area (Å²) in [6.45, 7) is 2.11. The summed E-state index contributed by atoms with van der Waals surface area (Å²) >= 11 is 0. The molecule has 1 aliphatic carbocycles. The number of nitrogens with one attached hydrogen (secondary N) is 2. The van der Waals surface area contributed by atoms with Crippen LogP contribution >= 0.6 is 9.03 Å². The number of ketones is 1. The first kappa shape index (κ1) is 27.3. The zero-order valence-corrected chi connectivity index (χ0v) is 21.1. The van der Waals surface area contributed by atoms with Gasteiger partial charge in [-0.1, -0.05) is 55.5 Å². The van der Waals surface area contributed by atoms with Gasteiger partial charge < -0.3 is 24.4 Å². The lowest BCUT2D eigenvalue weighted by Crippen LogP contribution is -2.48. The smallest absolute Gasteiger partial charge is 0.407 e. The Labute approximate surface area is 212 Å². The molecule has 2 amide bonds. The number of benzene rings is 2. The third kappa shape index (κ3) is 7.59. The Hall–Kier alpha value is -3.31. The Morgan fingerprint density at radius 1 is 1.03 bits per heavy atom. The Balaban J connectivity index is 1.49. The first-order valence-electron chi connectivity index (χ1n) is 11.8. The molecule has 0 aromatic heterocycles. The highest BCUT2D eigenvalue weighted by Crippen LogP contribution is 2.44. The van der Waals surface area contributed by atoms with Gasteiger partial charge in [-0.05, 0) is 22.3 Å². The van der Waals surface area contributed by atoms with Crippen molar-refractivity contribution < 1.29 is 28.2 Å². The molecule has 3 rings (SSSR count). The fourth-order valence-corrected chi connectivity index (χ4v) is 4.38. The Morgan fingerprint density at radius 2 is 1.67 bits per heavy atom. The first-order valence-corrected chi connectivity index (χ1v) is 12.6. The molecule has 2 atom stereocenters. The molecule has 2 unspecified atom stereocenters. The average molecular weight is 512 g/mol. The molecule has 1 aliphatic rings. The van der Waals surface area contributed by atoms with Crippen LogP contribution < -0.4 is 10.6 Å². The summed E-state index contributed by atoms with van der Waals surface area (Å²) in [5.74, 6) is -0.656. The predicted molar refractivity (Wildman–Crippen MR) is 135 cm³/mol. The van der Waals surface area contributed by atoms with Gasteiger partial charge in [-0.15, -0.1) is 0 Å². The van der Waals surface area contributed by atoms with Gasteiger partial charge in [-0.25, -0.2) is 4.79 Å². The van der Waals surface area contributed by atoms with Crippen molar-refractivity contribution in [2.45, 2.75) is 38.1 Å². The van der Waals surface area contributed by atoms with Gasteiger partial charge in [0.25, 0.3) is 0 Å². The monoisotopic (exact) mass is 511 g/mol. The summed E-state index contributed by atoms with van der Waals surface area (Å²) in [5, 5.41) is 13.7. The van der Waals surface area contributed by atoms with Crippen molar-refractivity contribution in [1.29, 1.82) is 5.26 Å². The maximum atomic E-state index is 12.6. The van der Waals surface area contributed by atoms with E-state index in [1.165, 1.54) is 0 Å². The second kappa shape index (κ2) is 14.3. The van der Waals surface area contributed by atoms with Crippen molar-refractivity contribution >= 4 is 26.8 Å². The Morgan fingerprint density at radius 3 is 2.31 bits per heavy atom.